The van der Waals surface area contributed by atoms with Crippen LogP contribution in [0.1, 0.15) is 36.5 Å². The summed E-state index contributed by atoms with van der Waals surface area (Å²) in [7, 11) is 4.03. The van der Waals surface area contributed by atoms with Gasteiger partial charge in [-0.05, 0) is 49.9 Å². The van der Waals surface area contributed by atoms with Gasteiger partial charge in [0.25, 0.3) is 5.91 Å². The van der Waals surface area contributed by atoms with Crippen molar-refractivity contribution in [2.75, 3.05) is 25.5 Å². The number of aromatic nitrogens is 1. The van der Waals surface area contributed by atoms with Gasteiger partial charge in [0.15, 0.2) is 0 Å². The lowest BCUT2D eigenvalue weighted by Gasteiger charge is -2.38. The summed E-state index contributed by atoms with van der Waals surface area (Å²) in [6.07, 6.45) is 6.61. The molecule has 1 amide bonds. The molecular weight excluding hydrogens is 324 g/mol. The molecule has 138 valence electrons. The molecule has 0 aliphatic carbocycles. The van der Waals surface area contributed by atoms with E-state index < -0.39 is 0 Å². The van der Waals surface area contributed by atoms with E-state index in [9.17, 15) is 4.79 Å². The van der Waals surface area contributed by atoms with Crippen molar-refractivity contribution in [3.05, 3.63) is 48.3 Å². The Balaban J connectivity index is 1.85. The van der Waals surface area contributed by atoms with E-state index in [1.165, 1.54) is 0 Å². The first-order valence-corrected chi connectivity index (χ1v) is 9.26. The van der Waals surface area contributed by atoms with Crippen LogP contribution in [0.25, 0.3) is 11.1 Å². The fraction of sp³-hybridized carbons (Fsp3) is 0.429. The molecule has 0 saturated carbocycles. The quantitative estimate of drug-likeness (QED) is 0.918. The van der Waals surface area contributed by atoms with E-state index >= 15 is 0 Å². The Morgan fingerprint density at radius 3 is 2.58 bits per heavy atom. The van der Waals surface area contributed by atoms with Crippen LogP contribution in [0.15, 0.2) is 42.7 Å². The summed E-state index contributed by atoms with van der Waals surface area (Å²) < 4.78 is 0. The lowest BCUT2D eigenvalue weighted by molar-refractivity contribution is 0.0583. The first-order chi connectivity index (χ1) is 12.5. The Morgan fingerprint density at radius 2 is 1.92 bits per heavy atom. The fourth-order valence-electron chi connectivity index (χ4n) is 3.59. The maximum Gasteiger partial charge on any atom is 0.255 e. The minimum atomic E-state index is -0.0195. The summed E-state index contributed by atoms with van der Waals surface area (Å²) in [5.41, 5.74) is 9.90. The molecule has 1 saturated heterocycles. The van der Waals surface area contributed by atoms with Gasteiger partial charge in [0.05, 0.1) is 5.56 Å². The number of anilines is 1. The number of likely N-dealkylation sites (tertiary alicyclic amines) is 1. The molecule has 2 unspecified atom stereocenters. The second-order valence-electron chi connectivity index (χ2n) is 7.32. The van der Waals surface area contributed by atoms with E-state index in [1.54, 1.807) is 12.4 Å². The number of pyridine rings is 1. The highest BCUT2D eigenvalue weighted by Crippen LogP contribution is 2.25. The van der Waals surface area contributed by atoms with Crippen molar-refractivity contribution >= 4 is 11.6 Å². The average molecular weight is 352 g/mol. The molecule has 1 aromatic carbocycles. The predicted molar refractivity (Wildman–Crippen MR) is 106 cm³/mol. The molecule has 5 nitrogen and oxygen atoms in total. The summed E-state index contributed by atoms with van der Waals surface area (Å²) in [6, 6.07) is 10.3. The van der Waals surface area contributed by atoms with E-state index in [1.807, 2.05) is 32.0 Å². The molecule has 2 aromatic rings. The number of carbonyl (C=O) groups excluding carboxylic acids is 1. The van der Waals surface area contributed by atoms with E-state index in [0.29, 0.717) is 5.56 Å². The van der Waals surface area contributed by atoms with Gasteiger partial charge in [0, 0.05) is 56.4 Å². The zero-order chi connectivity index (χ0) is 18.7. The second-order valence-corrected chi connectivity index (χ2v) is 7.32. The number of benzene rings is 1. The summed E-state index contributed by atoms with van der Waals surface area (Å²) in [5, 5.41) is 0. The van der Waals surface area contributed by atoms with Crippen LogP contribution >= 0.6 is 0 Å². The third kappa shape index (κ3) is 3.88. The third-order valence-electron chi connectivity index (χ3n) is 5.12. The van der Waals surface area contributed by atoms with Crippen LogP contribution in [-0.4, -0.2) is 48.5 Å². The molecule has 2 heterocycles. The number of hydrogen-bond donors (Lipinski definition) is 1. The number of nitrogens with two attached hydrogens (primary N) is 1. The fourth-order valence-corrected chi connectivity index (χ4v) is 3.59. The summed E-state index contributed by atoms with van der Waals surface area (Å²) in [4.78, 5) is 21.4. The number of hydrogen-bond acceptors (Lipinski definition) is 4. The molecule has 0 spiro atoms. The van der Waals surface area contributed by atoms with Crippen LogP contribution in [0.3, 0.4) is 0 Å². The lowest BCUT2D eigenvalue weighted by atomic mass is 9.96. The van der Waals surface area contributed by atoms with Crippen LogP contribution < -0.4 is 10.6 Å². The van der Waals surface area contributed by atoms with Gasteiger partial charge < -0.3 is 15.5 Å². The number of carbonyl (C=O) groups is 1. The molecule has 1 aliphatic heterocycles. The first-order valence-electron chi connectivity index (χ1n) is 9.26. The highest BCUT2D eigenvalue weighted by molar-refractivity contribution is 5.95. The monoisotopic (exact) mass is 352 g/mol. The molecule has 2 N–H and O–H groups in total. The number of piperidine rings is 1. The predicted octanol–water partition coefficient (Wildman–Crippen LogP) is 3.16. The second kappa shape index (κ2) is 7.87. The maximum absolute atomic E-state index is 13.1. The Labute approximate surface area is 155 Å². The minimum Gasteiger partial charge on any atom is -0.378 e. The number of amides is 1. The zero-order valence-corrected chi connectivity index (χ0v) is 15.9. The topological polar surface area (TPSA) is 62.5 Å². The van der Waals surface area contributed by atoms with Crippen LogP contribution in [0.5, 0.6) is 0 Å². The highest BCUT2D eigenvalue weighted by atomic mass is 16.2. The smallest absolute Gasteiger partial charge is 0.255 e. The van der Waals surface area contributed by atoms with Crippen LogP contribution in [0.2, 0.25) is 0 Å². The van der Waals surface area contributed by atoms with Crippen LogP contribution in [0.4, 0.5) is 5.69 Å². The first kappa shape index (κ1) is 18.4. The van der Waals surface area contributed by atoms with Gasteiger partial charge in [-0.1, -0.05) is 12.1 Å². The van der Waals surface area contributed by atoms with E-state index in [4.69, 9.17) is 5.73 Å². The van der Waals surface area contributed by atoms with E-state index in [-0.39, 0.29) is 18.0 Å². The van der Waals surface area contributed by atoms with Crippen LogP contribution in [-0.2, 0) is 0 Å². The molecule has 1 aliphatic rings. The maximum atomic E-state index is 13.1. The Hall–Kier alpha value is -2.40. The lowest BCUT2D eigenvalue weighted by Crippen LogP contribution is -2.51. The van der Waals surface area contributed by atoms with Gasteiger partial charge in [0.2, 0.25) is 0 Å². The minimum absolute atomic E-state index is 0.0195. The van der Waals surface area contributed by atoms with Gasteiger partial charge in [-0.15, -0.1) is 0 Å². The van der Waals surface area contributed by atoms with Crippen molar-refractivity contribution in [1.29, 1.82) is 0 Å². The largest absolute Gasteiger partial charge is 0.378 e. The molecule has 0 bridgehead atoms. The van der Waals surface area contributed by atoms with Crippen molar-refractivity contribution < 1.29 is 4.79 Å². The van der Waals surface area contributed by atoms with E-state index in [0.717, 1.165) is 42.6 Å². The standard InChI is InChI=1S/C21H28N4O/c1-15(22)20-6-4-5-11-25(20)21(26)18-12-17(13-23-14-18)16-7-9-19(10-8-16)24(2)3/h7-10,12-15,20H,4-6,11,22H2,1-3H3. The molecule has 2 atom stereocenters. The van der Waals surface area contributed by atoms with Gasteiger partial charge in [-0.2, -0.15) is 0 Å². The number of rotatable bonds is 4. The Kier molecular flexibility index (Phi) is 5.57. The summed E-state index contributed by atoms with van der Waals surface area (Å²) in [6.45, 7) is 2.75. The molecule has 1 aromatic heterocycles. The van der Waals surface area contributed by atoms with Crippen molar-refractivity contribution in [2.24, 2.45) is 5.73 Å². The SMILES string of the molecule is CC(N)C1CCCCN1C(=O)c1cncc(-c2ccc(N(C)C)cc2)c1. The molecule has 5 heteroatoms. The molecule has 1 fully saturated rings. The molecule has 26 heavy (non-hydrogen) atoms. The molecule has 0 radical (unpaired) electrons. The van der Waals surface area contributed by atoms with Crippen molar-refractivity contribution in [1.82, 2.24) is 9.88 Å². The van der Waals surface area contributed by atoms with Crippen LogP contribution in [0, 0.1) is 0 Å². The number of nitrogens with zero attached hydrogens (tertiary/aromatic N) is 3. The average Bonchev–Trinajstić information content (AvgIpc) is 2.67. The Bertz CT molecular complexity index is 755. The van der Waals surface area contributed by atoms with E-state index in [2.05, 4.69) is 34.1 Å². The van der Waals surface area contributed by atoms with Crippen molar-refractivity contribution in [3.8, 4) is 11.1 Å². The van der Waals surface area contributed by atoms with Crippen molar-refractivity contribution in [3.63, 3.8) is 0 Å². The molecule has 3 rings (SSSR count). The van der Waals surface area contributed by atoms with Gasteiger partial charge in [-0.3, -0.25) is 9.78 Å². The summed E-state index contributed by atoms with van der Waals surface area (Å²) in [5.74, 6) is 0.0336. The van der Waals surface area contributed by atoms with Crippen molar-refractivity contribution in [2.45, 2.75) is 38.3 Å². The van der Waals surface area contributed by atoms with Gasteiger partial charge >= 0.3 is 0 Å². The Morgan fingerprint density at radius 1 is 1.19 bits per heavy atom. The zero-order valence-electron chi connectivity index (χ0n) is 15.9. The normalized spacial score (nSPS) is 18.5. The summed E-state index contributed by atoms with van der Waals surface area (Å²) >= 11 is 0. The third-order valence-corrected chi connectivity index (χ3v) is 5.12. The van der Waals surface area contributed by atoms with Gasteiger partial charge in [0.1, 0.15) is 0 Å². The molecular formula is C21H28N4O. The van der Waals surface area contributed by atoms with Gasteiger partial charge in [-0.25, -0.2) is 0 Å². The highest BCUT2D eigenvalue weighted by Gasteiger charge is 2.30.